The Kier molecular flexibility index (Phi) is 30.5. The van der Waals surface area contributed by atoms with Crippen molar-refractivity contribution in [2.24, 2.45) is 0 Å². The molecule has 2 nitrogen and oxygen atoms in total. The second-order valence-electron chi connectivity index (χ2n) is 10.9. The van der Waals surface area contributed by atoms with Gasteiger partial charge < -0.3 is 5.32 Å². The number of unbranched alkanes of at least 4 members (excludes halogenated alkanes) is 23. The van der Waals surface area contributed by atoms with Crippen LogP contribution in [0.1, 0.15) is 187 Å². The van der Waals surface area contributed by atoms with Gasteiger partial charge in [0, 0.05) is 13.0 Å². The van der Waals surface area contributed by atoms with E-state index in [0.717, 1.165) is 25.8 Å². The molecule has 2 heteroatoms. The Bertz CT molecular complexity index is 431. The second-order valence-corrected chi connectivity index (χ2v) is 10.9. The third-order valence-corrected chi connectivity index (χ3v) is 7.27. The van der Waals surface area contributed by atoms with Gasteiger partial charge in [-0.15, -0.1) is 0 Å². The first-order valence-electron chi connectivity index (χ1n) is 16.2. The first-order chi connectivity index (χ1) is 17.3. The fraction of sp³-hybridized carbons (Fsp3) is 0.909. The van der Waals surface area contributed by atoms with Gasteiger partial charge in [0.2, 0.25) is 5.91 Å². The van der Waals surface area contributed by atoms with Crippen molar-refractivity contribution in [1.82, 2.24) is 5.32 Å². The largest absolute Gasteiger partial charge is 0.356 e. The van der Waals surface area contributed by atoms with E-state index in [4.69, 9.17) is 0 Å². The zero-order chi connectivity index (χ0) is 25.5. The monoisotopic (exact) mass is 492 g/mol. The number of hydrogen-bond donors (Lipinski definition) is 1. The van der Waals surface area contributed by atoms with Crippen LogP contribution in [-0.4, -0.2) is 12.5 Å². The molecule has 208 valence electrons. The minimum absolute atomic E-state index is 0.265. The number of carbonyl (C=O) groups is 1. The van der Waals surface area contributed by atoms with Crippen LogP contribution in [0.15, 0.2) is 12.2 Å². The maximum atomic E-state index is 12.0. The molecular formula is C33H65NO. The van der Waals surface area contributed by atoms with Crippen LogP contribution in [-0.2, 0) is 4.79 Å². The van der Waals surface area contributed by atoms with E-state index in [1.807, 2.05) is 0 Å². The van der Waals surface area contributed by atoms with Gasteiger partial charge in [0.1, 0.15) is 0 Å². The quantitative estimate of drug-likeness (QED) is 0.0817. The number of rotatable bonds is 29. The number of nitrogens with one attached hydrogen (secondary N) is 1. The lowest BCUT2D eigenvalue weighted by Gasteiger charge is -2.06. The highest BCUT2D eigenvalue weighted by atomic mass is 16.1. The van der Waals surface area contributed by atoms with Crippen molar-refractivity contribution in [1.29, 1.82) is 0 Å². The standard InChI is InChI=1S/C33H65NO/c1-3-5-7-9-11-13-15-17-18-19-21-23-25-27-29-31-33(35)34-32-30-28-26-24-22-20-16-14-12-10-8-6-4-2/h17-18H,3-16,19-32H2,1-2H3,(H,34,35)/b18-17+. The Hall–Kier alpha value is -0.790. The number of carbonyl (C=O) groups excluding carboxylic acids is 1. The van der Waals surface area contributed by atoms with Gasteiger partial charge in [0.15, 0.2) is 0 Å². The van der Waals surface area contributed by atoms with Gasteiger partial charge in [-0.1, -0.05) is 154 Å². The molecule has 0 rings (SSSR count). The predicted octanol–water partition coefficient (Wildman–Crippen LogP) is 11.2. The van der Waals surface area contributed by atoms with E-state index < -0.39 is 0 Å². The zero-order valence-electron chi connectivity index (χ0n) is 24.4. The molecule has 35 heavy (non-hydrogen) atoms. The lowest BCUT2D eigenvalue weighted by atomic mass is 10.0. The molecule has 0 fully saturated rings. The summed E-state index contributed by atoms with van der Waals surface area (Å²) in [6.07, 6.45) is 40.4. The van der Waals surface area contributed by atoms with Gasteiger partial charge in [-0.25, -0.2) is 0 Å². The molecule has 0 aromatic carbocycles. The summed E-state index contributed by atoms with van der Waals surface area (Å²) in [5.41, 5.74) is 0. The van der Waals surface area contributed by atoms with E-state index in [-0.39, 0.29) is 5.91 Å². The van der Waals surface area contributed by atoms with Gasteiger partial charge in [0.25, 0.3) is 0 Å². The molecule has 0 aliphatic carbocycles. The second kappa shape index (κ2) is 31.2. The van der Waals surface area contributed by atoms with E-state index >= 15 is 0 Å². The van der Waals surface area contributed by atoms with Crippen molar-refractivity contribution < 1.29 is 4.79 Å². The van der Waals surface area contributed by atoms with E-state index in [2.05, 4.69) is 31.3 Å². The normalized spacial score (nSPS) is 11.5. The summed E-state index contributed by atoms with van der Waals surface area (Å²) in [5, 5.41) is 3.12. The molecule has 0 spiro atoms. The van der Waals surface area contributed by atoms with Crippen LogP contribution in [0.2, 0.25) is 0 Å². The van der Waals surface area contributed by atoms with Crippen molar-refractivity contribution in [2.45, 2.75) is 187 Å². The molecule has 0 heterocycles. The summed E-state index contributed by atoms with van der Waals surface area (Å²) in [7, 11) is 0. The Labute approximate surface area is 221 Å². The third kappa shape index (κ3) is 31.2. The highest BCUT2D eigenvalue weighted by Gasteiger charge is 2.00. The van der Waals surface area contributed by atoms with Gasteiger partial charge in [-0.2, -0.15) is 0 Å². The SMILES string of the molecule is CCCCCCCC/C=C/CCCCCCCC(=O)NCCCCCCCCCCCCCCC. The van der Waals surface area contributed by atoms with Gasteiger partial charge in [-0.3, -0.25) is 4.79 Å². The van der Waals surface area contributed by atoms with Gasteiger partial charge in [-0.05, 0) is 38.5 Å². The van der Waals surface area contributed by atoms with Crippen molar-refractivity contribution >= 4 is 5.91 Å². The predicted molar refractivity (Wildman–Crippen MR) is 158 cm³/mol. The van der Waals surface area contributed by atoms with Crippen molar-refractivity contribution in [3.05, 3.63) is 12.2 Å². The highest BCUT2D eigenvalue weighted by molar-refractivity contribution is 5.75. The molecule has 0 atom stereocenters. The Balaban J connectivity index is 3.19. The lowest BCUT2D eigenvalue weighted by Crippen LogP contribution is -2.23. The summed E-state index contributed by atoms with van der Waals surface area (Å²) in [6.45, 7) is 5.44. The minimum atomic E-state index is 0.265. The summed E-state index contributed by atoms with van der Waals surface area (Å²) in [6, 6.07) is 0. The van der Waals surface area contributed by atoms with Crippen molar-refractivity contribution in [3.63, 3.8) is 0 Å². The van der Waals surface area contributed by atoms with Crippen molar-refractivity contribution in [3.8, 4) is 0 Å². The van der Waals surface area contributed by atoms with E-state index in [9.17, 15) is 4.79 Å². The molecule has 0 bridgehead atoms. The molecule has 0 aliphatic rings. The Morgan fingerprint density at radius 1 is 0.457 bits per heavy atom. The maximum absolute atomic E-state index is 12.0. The number of hydrogen-bond acceptors (Lipinski definition) is 1. The van der Waals surface area contributed by atoms with Crippen LogP contribution in [0.3, 0.4) is 0 Å². The zero-order valence-corrected chi connectivity index (χ0v) is 24.4. The van der Waals surface area contributed by atoms with Crippen LogP contribution in [0.5, 0.6) is 0 Å². The molecule has 0 unspecified atom stereocenters. The molecule has 1 amide bonds. The number of amides is 1. The average molecular weight is 492 g/mol. The first kappa shape index (κ1) is 34.2. The minimum Gasteiger partial charge on any atom is -0.356 e. The first-order valence-corrected chi connectivity index (χ1v) is 16.2. The average Bonchev–Trinajstić information content (AvgIpc) is 2.86. The molecular weight excluding hydrogens is 426 g/mol. The molecule has 1 N–H and O–H groups in total. The molecule has 0 radical (unpaired) electrons. The fourth-order valence-corrected chi connectivity index (χ4v) is 4.82. The molecule has 0 aromatic rings. The molecule has 0 aromatic heterocycles. The van der Waals surface area contributed by atoms with Gasteiger partial charge in [0.05, 0.1) is 0 Å². The van der Waals surface area contributed by atoms with Crippen LogP contribution in [0, 0.1) is 0 Å². The Morgan fingerprint density at radius 3 is 1.23 bits per heavy atom. The summed E-state index contributed by atoms with van der Waals surface area (Å²) in [5.74, 6) is 0.265. The van der Waals surface area contributed by atoms with Crippen LogP contribution >= 0.6 is 0 Å². The Morgan fingerprint density at radius 2 is 0.800 bits per heavy atom. The maximum Gasteiger partial charge on any atom is 0.219 e. The van der Waals surface area contributed by atoms with Gasteiger partial charge >= 0.3 is 0 Å². The molecule has 0 saturated carbocycles. The van der Waals surface area contributed by atoms with Crippen LogP contribution in [0.4, 0.5) is 0 Å². The highest BCUT2D eigenvalue weighted by Crippen LogP contribution is 2.13. The summed E-state index contributed by atoms with van der Waals surface area (Å²) >= 11 is 0. The smallest absolute Gasteiger partial charge is 0.219 e. The van der Waals surface area contributed by atoms with E-state index in [0.29, 0.717) is 0 Å². The molecule has 0 aliphatic heterocycles. The van der Waals surface area contributed by atoms with E-state index in [1.54, 1.807) is 0 Å². The fourth-order valence-electron chi connectivity index (χ4n) is 4.82. The van der Waals surface area contributed by atoms with Crippen LogP contribution < -0.4 is 5.32 Å². The topological polar surface area (TPSA) is 29.1 Å². The number of allylic oxidation sites excluding steroid dienone is 2. The van der Waals surface area contributed by atoms with E-state index in [1.165, 1.54) is 154 Å². The molecule has 0 saturated heterocycles. The van der Waals surface area contributed by atoms with Crippen LogP contribution in [0.25, 0.3) is 0 Å². The third-order valence-electron chi connectivity index (χ3n) is 7.27. The lowest BCUT2D eigenvalue weighted by molar-refractivity contribution is -0.121. The summed E-state index contributed by atoms with van der Waals surface area (Å²) < 4.78 is 0. The summed E-state index contributed by atoms with van der Waals surface area (Å²) in [4.78, 5) is 12.0. The van der Waals surface area contributed by atoms with Crippen molar-refractivity contribution in [2.75, 3.05) is 6.54 Å².